The minimum atomic E-state index is -0.351. The van der Waals surface area contributed by atoms with Crippen molar-refractivity contribution in [3.63, 3.8) is 0 Å². The van der Waals surface area contributed by atoms with E-state index in [9.17, 15) is 9.59 Å². The van der Waals surface area contributed by atoms with Crippen LogP contribution in [0.15, 0.2) is 33.9 Å². The quantitative estimate of drug-likeness (QED) is 0.577. The largest absolute Gasteiger partial charge is 0.497 e. The van der Waals surface area contributed by atoms with Gasteiger partial charge in [-0.15, -0.1) is 0 Å². The number of piperazine rings is 1. The van der Waals surface area contributed by atoms with Crippen LogP contribution in [-0.2, 0) is 27.2 Å². The van der Waals surface area contributed by atoms with Crippen molar-refractivity contribution >= 4 is 16.9 Å². The predicted molar refractivity (Wildman–Crippen MR) is 126 cm³/mol. The third-order valence-electron chi connectivity index (χ3n) is 6.15. The summed E-state index contributed by atoms with van der Waals surface area (Å²) in [6, 6.07) is 8.15. The number of methoxy groups -OCH3 is 1. The van der Waals surface area contributed by atoms with Gasteiger partial charge in [0, 0.05) is 52.5 Å². The minimum absolute atomic E-state index is 0.285. The van der Waals surface area contributed by atoms with Crippen molar-refractivity contribution in [3.05, 3.63) is 50.9 Å². The Morgan fingerprint density at radius 3 is 2.25 bits per heavy atom. The van der Waals surface area contributed by atoms with Crippen molar-refractivity contribution in [2.45, 2.75) is 26.9 Å². The Morgan fingerprint density at radius 2 is 1.66 bits per heavy atom. The zero-order valence-corrected chi connectivity index (χ0v) is 19.5. The summed E-state index contributed by atoms with van der Waals surface area (Å²) < 4.78 is 9.90. The fourth-order valence-electron chi connectivity index (χ4n) is 4.33. The van der Waals surface area contributed by atoms with Gasteiger partial charge in [0.1, 0.15) is 11.6 Å². The predicted octanol–water partition coefficient (Wildman–Crippen LogP) is 1.42. The number of hydrogen-bond acceptors (Lipinski definition) is 6. The highest BCUT2D eigenvalue weighted by molar-refractivity contribution is 5.71. The number of aryl methyl sites for hydroxylation is 1. The SMILES string of the molecule is COc1ccc(N2CCN(Cc3nc4c(c(=O)n(C)c(=O)n4C)n3CC(C)C)CC2)cc1. The average Bonchev–Trinajstić information content (AvgIpc) is 3.14. The van der Waals surface area contributed by atoms with Gasteiger partial charge in [0.15, 0.2) is 11.2 Å². The number of hydrogen-bond donors (Lipinski definition) is 0. The van der Waals surface area contributed by atoms with E-state index in [2.05, 4.69) is 35.8 Å². The van der Waals surface area contributed by atoms with E-state index < -0.39 is 0 Å². The Kier molecular flexibility index (Phi) is 6.10. The van der Waals surface area contributed by atoms with Crippen molar-refractivity contribution in [1.82, 2.24) is 23.6 Å². The summed E-state index contributed by atoms with van der Waals surface area (Å²) in [5.74, 6) is 2.04. The second-order valence-corrected chi connectivity index (χ2v) is 8.87. The molecule has 0 bridgehead atoms. The molecule has 0 spiro atoms. The second-order valence-electron chi connectivity index (χ2n) is 8.87. The normalized spacial score (nSPS) is 15.1. The molecule has 9 heteroatoms. The lowest BCUT2D eigenvalue weighted by molar-refractivity contribution is 0.240. The molecule has 0 atom stereocenters. The van der Waals surface area contributed by atoms with E-state index in [0.717, 1.165) is 42.3 Å². The first-order valence-corrected chi connectivity index (χ1v) is 11.1. The van der Waals surface area contributed by atoms with Crippen LogP contribution in [0.2, 0.25) is 0 Å². The monoisotopic (exact) mass is 440 g/mol. The van der Waals surface area contributed by atoms with Crippen molar-refractivity contribution in [3.8, 4) is 5.75 Å². The first-order valence-electron chi connectivity index (χ1n) is 11.1. The number of ether oxygens (including phenoxy) is 1. The maximum atomic E-state index is 12.9. The van der Waals surface area contributed by atoms with Gasteiger partial charge in [0.2, 0.25) is 0 Å². The Labute approximate surface area is 187 Å². The van der Waals surface area contributed by atoms with Crippen molar-refractivity contribution in [2.75, 3.05) is 38.2 Å². The molecule has 9 nitrogen and oxygen atoms in total. The van der Waals surface area contributed by atoms with E-state index >= 15 is 0 Å². The first kappa shape index (κ1) is 22.1. The van der Waals surface area contributed by atoms with Crippen molar-refractivity contribution in [2.24, 2.45) is 20.0 Å². The Morgan fingerprint density at radius 1 is 1.00 bits per heavy atom. The lowest BCUT2D eigenvalue weighted by atomic mass is 10.2. The molecule has 2 aromatic heterocycles. The van der Waals surface area contributed by atoms with Gasteiger partial charge in [0.05, 0.1) is 13.7 Å². The number of anilines is 1. The average molecular weight is 441 g/mol. The van der Waals surface area contributed by atoms with Crippen LogP contribution in [0.4, 0.5) is 5.69 Å². The summed E-state index contributed by atoms with van der Waals surface area (Å²) in [5, 5.41) is 0. The first-order chi connectivity index (χ1) is 15.3. The van der Waals surface area contributed by atoms with Crippen molar-refractivity contribution < 1.29 is 4.74 Å². The van der Waals surface area contributed by atoms with Gasteiger partial charge in [-0.25, -0.2) is 9.78 Å². The van der Waals surface area contributed by atoms with E-state index in [1.165, 1.54) is 17.3 Å². The number of fused-ring (bicyclic) bond motifs is 1. The van der Waals surface area contributed by atoms with Crippen LogP contribution >= 0.6 is 0 Å². The van der Waals surface area contributed by atoms with E-state index in [1.54, 1.807) is 14.2 Å². The summed E-state index contributed by atoms with van der Waals surface area (Å²) in [4.78, 5) is 34.8. The number of benzene rings is 1. The molecule has 32 heavy (non-hydrogen) atoms. The third kappa shape index (κ3) is 4.04. The highest BCUT2D eigenvalue weighted by Gasteiger charge is 2.23. The zero-order valence-electron chi connectivity index (χ0n) is 19.5. The smallest absolute Gasteiger partial charge is 0.332 e. The molecule has 0 amide bonds. The van der Waals surface area contributed by atoms with Gasteiger partial charge in [-0.1, -0.05) is 13.8 Å². The topological polar surface area (TPSA) is 77.5 Å². The van der Waals surface area contributed by atoms with Crippen LogP contribution in [0.1, 0.15) is 19.7 Å². The molecule has 0 N–H and O–H groups in total. The Hall–Kier alpha value is -3.07. The lowest BCUT2D eigenvalue weighted by Gasteiger charge is -2.36. The van der Waals surface area contributed by atoms with Gasteiger partial charge in [-0.2, -0.15) is 0 Å². The molecule has 3 aromatic rings. The molecule has 0 aliphatic carbocycles. The molecule has 1 saturated heterocycles. The van der Waals surface area contributed by atoms with Crippen LogP contribution in [0.5, 0.6) is 5.75 Å². The van der Waals surface area contributed by atoms with E-state index in [0.29, 0.717) is 30.2 Å². The summed E-state index contributed by atoms with van der Waals surface area (Å²) >= 11 is 0. The molecule has 4 rings (SSSR count). The molecule has 172 valence electrons. The minimum Gasteiger partial charge on any atom is -0.497 e. The molecule has 0 unspecified atom stereocenters. The molecule has 0 radical (unpaired) electrons. The molecule has 1 fully saturated rings. The molecular weight excluding hydrogens is 408 g/mol. The fraction of sp³-hybridized carbons (Fsp3) is 0.522. The van der Waals surface area contributed by atoms with Crippen LogP contribution < -0.4 is 20.9 Å². The van der Waals surface area contributed by atoms with Gasteiger partial charge < -0.3 is 14.2 Å². The van der Waals surface area contributed by atoms with Crippen molar-refractivity contribution in [1.29, 1.82) is 0 Å². The second kappa shape index (κ2) is 8.82. The third-order valence-corrected chi connectivity index (χ3v) is 6.15. The highest BCUT2D eigenvalue weighted by atomic mass is 16.5. The summed E-state index contributed by atoms with van der Waals surface area (Å²) in [6.45, 7) is 9.20. The van der Waals surface area contributed by atoms with Crippen LogP contribution in [0.3, 0.4) is 0 Å². The lowest BCUT2D eigenvalue weighted by Crippen LogP contribution is -2.46. The summed E-state index contributed by atoms with van der Waals surface area (Å²) in [7, 11) is 4.87. The molecule has 3 heterocycles. The highest BCUT2D eigenvalue weighted by Crippen LogP contribution is 2.22. The van der Waals surface area contributed by atoms with Gasteiger partial charge in [0.25, 0.3) is 5.56 Å². The summed E-state index contributed by atoms with van der Waals surface area (Å²) in [6.07, 6.45) is 0. The molecular formula is C23H32N6O3. The Bertz CT molecular complexity index is 1210. The Balaban J connectivity index is 1.58. The number of nitrogens with zero attached hydrogens (tertiary/aromatic N) is 6. The molecule has 1 aliphatic rings. The maximum Gasteiger partial charge on any atom is 0.332 e. The van der Waals surface area contributed by atoms with E-state index in [4.69, 9.17) is 9.72 Å². The maximum absolute atomic E-state index is 12.9. The molecule has 1 aromatic carbocycles. The fourth-order valence-corrected chi connectivity index (χ4v) is 4.33. The zero-order chi connectivity index (χ0) is 23.0. The van der Waals surface area contributed by atoms with E-state index in [-0.39, 0.29) is 11.2 Å². The number of imidazole rings is 1. The standard InChI is InChI=1S/C23H32N6O3/c1-16(2)14-29-19(24-21-20(29)22(30)26(4)23(31)25(21)3)15-27-10-12-28(13-11-27)17-6-8-18(32-5)9-7-17/h6-9,16H,10-15H2,1-5H3. The molecule has 1 aliphatic heterocycles. The number of aromatic nitrogens is 4. The van der Waals surface area contributed by atoms with Crippen LogP contribution in [0.25, 0.3) is 11.2 Å². The van der Waals surface area contributed by atoms with E-state index in [1.807, 2.05) is 16.7 Å². The number of rotatable bonds is 6. The van der Waals surface area contributed by atoms with Crippen LogP contribution in [-0.4, -0.2) is 56.9 Å². The van der Waals surface area contributed by atoms with Gasteiger partial charge in [-0.3, -0.25) is 18.8 Å². The van der Waals surface area contributed by atoms with Gasteiger partial charge >= 0.3 is 5.69 Å². The summed E-state index contributed by atoms with van der Waals surface area (Å²) in [5.41, 5.74) is 1.53. The van der Waals surface area contributed by atoms with Gasteiger partial charge in [-0.05, 0) is 30.2 Å². The molecule has 0 saturated carbocycles. The van der Waals surface area contributed by atoms with Crippen LogP contribution in [0, 0.1) is 5.92 Å².